The SMILES string of the molecule is CCC(C)C.CCC1=CC=C(/C=C2/C(=O)N(c3ccccc3F)C(C)=C2C(=O)OC)C1.CCC1CCCO1.CCCC(=O)Oc1ccc2c(=O)c(-c3ccc(F)cc3)coc2c1.CCc1cc2c3c(oc2cc1C)CCCC3=O.CCc1ccccc1.COc1ccc(C)c(OC)c1.COc1ccc(C)cc1.Cc1cc(-c2c(O)ccc3ccccc23)c(O)c2ccccc12.Cc1ccc2c3c(cccc13)CC2. The molecule has 1 fully saturated rings. The van der Waals surface area contributed by atoms with E-state index in [-0.39, 0.29) is 51.3 Å². The molecule has 3 aliphatic carbocycles. The van der Waals surface area contributed by atoms with Gasteiger partial charge in [-0.2, -0.15) is 0 Å². The van der Waals surface area contributed by atoms with E-state index in [1.54, 1.807) is 64.7 Å². The van der Waals surface area contributed by atoms with Crippen LogP contribution in [0.5, 0.6) is 34.5 Å². The maximum Gasteiger partial charge on any atom is 0.340 e. The van der Waals surface area contributed by atoms with E-state index in [1.165, 1.54) is 155 Å². The Morgan fingerprint density at radius 1 is 0.545 bits per heavy atom. The van der Waals surface area contributed by atoms with Gasteiger partial charge in [0, 0.05) is 65.6 Å². The number of para-hydroxylation sites is 1. The molecule has 16 nitrogen and oxygen atoms in total. The van der Waals surface area contributed by atoms with Gasteiger partial charge >= 0.3 is 11.9 Å². The summed E-state index contributed by atoms with van der Waals surface area (Å²) in [6, 6.07) is 77.0. The molecule has 0 radical (unpaired) electrons. The molecule has 143 heavy (non-hydrogen) atoms. The number of halogens is 2. The number of anilines is 1. The molecule has 1 unspecified atom stereocenters. The first-order valence-electron chi connectivity index (χ1n) is 49.5. The zero-order valence-electron chi connectivity index (χ0n) is 85.9. The Morgan fingerprint density at radius 3 is 1.83 bits per heavy atom. The van der Waals surface area contributed by atoms with Crippen LogP contribution >= 0.6 is 0 Å². The first-order valence-corrected chi connectivity index (χ1v) is 49.5. The summed E-state index contributed by atoms with van der Waals surface area (Å²) in [4.78, 5) is 62.7. The molecule has 13 aromatic carbocycles. The normalized spacial score (nSPS) is 13.7. The van der Waals surface area contributed by atoms with E-state index >= 15 is 0 Å². The number of phenols is 2. The van der Waals surface area contributed by atoms with Crippen LogP contribution in [0.15, 0.2) is 315 Å². The van der Waals surface area contributed by atoms with E-state index < -0.39 is 17.7 Å². The molecule has 4 heterocycles. The van der Waals surface area contributed by atoms with Crippen LogP contribution in [0.1, 0.15) is 193 Å². The number of ether oxygens (including phenoxy) is 6. The van der Waals surface area contributed by atoms with Gasteiger partial charge in [0.25, 0.3) is 5.91 Å². The number of nitrogens with zero attached hydrogens (tertiary/aromatic N) is 1. The number of hydrogen-bond donors (Lipinski definition) is 2. The maximum absolute atomic E-state index is 14.3. The summed E-state index contributed by atoms with van der Waals surface area (Å²) in [5.41, 5.74) is 19.1. The smallest absolute Gasteiger partial charge is 0.340 e. The summed E-state index contributed by atoms with van der Waals surface area (Å²) in [7, 11) is 6.23. The lowest BCUT2D eigenvalue weighted by Crippen LogP contribution is -2.25. The number of carbonyl (C=O) groups excluding carboxylic acids is 4. The number of aryl methyl sites for hydroxylation is 10. The number of aromatic hydroxyl groups is 2. The third-order valence-electron chi connectivity index (χ3n) is 25.8. The van der Waals surface area contributed by atoms with Gasteiger partial charge in [-0.15, -0.1) is 0 Å². The van der Waals surface area contributed by atoms with E-state index in [9.17, 15) is 43.0 Å². The predicted molar refractivity (Wildman–Crippen MR) is 577 cm³/mol. The van der Waals surface area contributed by atoms with Crippen molar-refractivity contribution in [2.45, 2.75) is 199 Å². The predicted octanol–water partition coefficient (Wildman–Crippen LogP) is 30.9. The molecule has 2 N–H and O–H groups in total. The van der Waals surface area contributed by atoms with Crippen molar-refractivity contribution in [1.82, 2.24) is 0 Å². The number of allylic oxidation sites excluding steroid dienone is 6. The summed E-state index contributed by atoms with van der Waals surface area (Å²) in [6.45, 7) is 30.1. The second kappa shape index (κ2) is 53.2. The van der Waals surface area contributed by atoms with Crippen LogP contribution in [0.4, 0.5) is 14.5 Å². The molecular weight excluding hydrogens is 1790 g/mol. The first-order chi connectivity index (χ1) is 69.0. The number of carbonyl (C=O) groups is 4. The molecule has 15 aromatic rings. The average molecular weight is 1930 g/mol. The van der Waals surface area contributed by atoms with Gasteiger partial charge in [-0.1, -0.05) is 243 Å². The molecule has 20 rings (SSSR count). The Morgan fingerprint density at radius 2 is 1.20 bits per heavy atom. The van der Waals surface area contributed by atoms with Crippen molar-refractivity contribution >= 4 is 83.6 Å². The lowest BCUT2D eigenvalue weighted by Gasteiger charge is -2.18. The van der Waals surface area contributed by atoms with Crippen molar-refractivity contribution in [2.24, 2.45) is 5.92 Å². The number of amides is 1. The topological polar surface area (TPSA) is 211 Å². The van der Waals surface area contributed by atoms with Gasteiger partial charge in [0.15, 0.2) is 11.2 Å². The number of hydrogen-bond acceptors (Lipinski definition) is 15. The Kier molecular flexibility index (Phi) is 40.4. The second-order valence-corrected chi connectivity index (χ2v) is 36.1. The number of fused-ring (bicyclic) bond motifs is 6. The van der Waals surface area contributed by atoms with Crippen LogP contribution < -0.4 is 29.3 Å². The molecule has 1 amide bonds. The summed E-state index contributed by atoms with van der Waals surface area (Å²) in [6.07, 6.45) is 22.4. The highest BCUT2D eigenvalue weighted by atomic mass is 19.1. The fourth-order valence-electron chi connectivity index (χ4n) is 17.3. The Balaban J connectivity index is 0.000000157. The molecule has 18 heteroatoms. The van der Waals surface area contributed by atoms with Gasteiger partial charge in [-0.3, -0.25) is 24.1 Å². The average Bonchev–Trinajstić information content (AvgIpc) is 0.769. The number of furan rings is 1. The summed E-state index contributed by atoms with van der Waals surface area (Å²) in [5, 5.41) is 29.4. The van der Waals surface area contributed by atoms with E-state index in [1.807, 2.05) is 142 Å². The number of phenolic OH excluding ortho intramolecular Hbond substituents is 2. The van der Waals surface area contributed by atoms with Gasteiger partial charge in [-0.25, -0.2) is 13.6 Å². The van der Waals surface area contributed by atoms with Gasteiger partial charge in [-0.05, 0) is 286 Å². The van der Waals surface area contributed by atoms with Crippen molar-refractivity contribution in [2.75, 3.05) is 39.9 Å². The minimum atomic E-state index is -0.608. The number of methoxy groups -OCH3 is 4. The number of Topliss-reactive ketones (excluding diaryl/α,β-unsaturated/α-hetero) is 1. The van der Waals surface area contributed by atoms with Crippen LogP contribution in [0.3, 0.4) is 0 Å². The van der Waals surface area contributed by atoms with Crippen molar-refractivity contribution in [3.63, 3.8) is 0 Å². The second-order valence-electron chi connectivity index (χ2n) is 36.1. The molecule has 2 aromatic heterocycles. The summed E-state index contributed by atoms with van der Waals surface area (Å²) >= 11 is 0. The van der Waals surface area contributed by atoms with E-state index in [2.05, 4.69) is 136 Å². The van der Waals surface area contributed by atoms with Crippen molar-refractivity contribution in [1.29, 1.82) is 0 Å². The Hall–Kier alpha value is -14.8. The van der Waals surface area contributed by atoms with Crippen molar-refractivity contribution < 1.29 is 75.4 Å². The molecule has 1 saturated heterocycles. The summed E-state index contributed by atoms with van der Waals surface area (Å²) in [5.74, 6) is 3.07. The fraction of sp³-hybridized carbons (Fsp3) is 0.288. The van der Waals surface area contributed by atoms with E-state index in [0.717, 1.165) is 129 Å². The highest BCUT2D eigenvalue weighted by Gasteiger charge is 2.39. The standard InChI is InChI=1S/C21H20FNO3.C21H16O2.C19H15FO4.C15H16O2.C13H12.C9H12O2.C8H10O.C8H10.C6H12O.C5H12/c1-4-14-9-10-15(11-14)12-16-19(21(25)26-3)13(2)23(20(16)24)18-8-6-5-7-17(18)22;1-13-12-18(21(23)17-9-5-4-7-15(13)17)20-16-8-3-2-6-14(16)10-11-19(20)22;1-2-3-18(21)24-14-8-9-15-17(10-14)23-11-16(19(15)22)12-4-6-13(20)7-5-12;1-3-10-8-11-14(7-9(10)2)17-13-6-4-5-12(16)15(11)13;1-9-5-6-11-8-7-10-3-2-4-12(9)13(10)11;1-7-4-5-8(10-2)6-9(7)11-3;1-7-3-5-8(9-2)6-4-7;1-2-8-6-4-3-5-7-8;1-2-6-4-3-5-7-6;1-4-5(2)3/h5-10,12H,4,11H2,1-3H3;2-12,22-23H,1H3;4-11H,2-3H2,1H3;7-8H,3-6H2,1-2H3;2-6H,7-8H2,1H3;4-6H,1-3H3;3-6H,1-2H3;3-7H,2H2,1H3;6H,2-5H2,1H3;5H,4H2,1-3H3/b16-12+;;;;;;;;;. The minimum Gasteiger partial charge on any atom is -0.507 e. The van der Waals surface area contributed by atoms with Gasteiger partial charge in [0.05, 0.1) is 67.9 Å². The highest BCUT2D eigenvalue weighted by Crippen LogP contribution is 2.46. The molecule has 1 atom stereocenters. The molecule has 2 aliphatic heterocycles. The van der Waals surface area contributed by atoms with Crippen LogP contribution in [0, 0.1) is 52.2 Å². The molecule has 0 bridgehead atoms. The Labute approximate surface area is 840 Å². The number of ketones is 1. The third-order valence-corrected chi connectivity index (χ3v) is 25.8. The van der Waals surface area contributed by atoms with Crippen LogP contribution in [0.25, 0.3) is 76.5 Å². The Bertz CT molecular complexity index is 7100. The molecule has 5 aliphatic rings. The number of rotatable bonds is 16. The maximum atomic E-state index is 14.3. The molecule has 744 valence electrons. The van der Waals surface area contributed by atoms with Crippen molar-refractivity contribution in [3.8, 4) is 56.8 Å². The minimum absolute atomic E-state index is 0.118. The third kappa shape index (κ3) is 28.4. The number of esters is 2. The highest BCUT2D eigenvalue weighted by molar-refractivity contribution is 6.22. The zero-order chi connectivity index (χ0) is 103. The first kappa shape index (κ1) is 109. The molecule has 0 spiro atoms. The quantitative estimate of drug-likeness (QED) is 0.0523. The van der Waals surface area contributed by atoms with Crippen LogP contribution in [-0.2, 0) is 56.0 Å². The lowest BCUT2D eigenvalue weighted by atomic mass is 9.92. The van der Waals surface area contributed by atoms with Crippen LogP contribution in [0.2, 0.25) is 0 Å². The van der Waals surface area contributed by atoms with Crippen molar-refractivity contribution in [3.05, 3.63) is 384 Å². The fourth-order valence-corrected chi connectivity index (χ4v) is 17.3. The zero-order valence-corrected chi connectivity index (χ0v) is 85.9. The van der Waals surface area contributed by atoms with Crippen LogP contribution in [-0.4, -0.2) is 75.0 Å². The van der Waals surface area contributed by atoms with Gasteiger partial charge in [0.1, 0.15) is 69.3 Å². The van der Waals surface area contributed by atoms with E-state index in [0.29, 0.717) is 70.0 Å². The monoisotopic (exact) mass is 1930 g/mol. The largest absolute Gasteiger partial charge is 0.507 e. The van der Waals surface area contributed by atoms with Gasteiger partial charge < -0.3 is 47.5 Å². The molecule has 0 saturated carbocycles. The molecular formula is C125H135F2NO15. The lowest BCUT2D eigenvalue weighted by molar-refractivity contribution is -0.136. The van der Waals surface area contributed by atoms with Gasteiger partial charge in [0.2, 0.25) is 0 Å². The number of benzene rings is 13. The van der Waals surface area contributed by atoms with E-state index in [4.69, 9.17) is 37.3 Å². The summed E-state index contributed by atoms with van der Waals surface area (Å²) < 4.78 is 69.1.